The SMILES string of the molecule is COc1ccc(/C=C2\SC(=O)N(Cc3ccccc3Cl)C2=O)cc1Br. The second-order valence-corrected chi connectivity index (χ2v) is 7.51. The molecule has 1 saturated heterocycles. The molecular weight excluding hydrogens is 426 g/mol. The number of amides is 2. The van der Waals surface area contributed by atoms with Gasteiger partial charge in [-0.25, -0.2) is 0 Å². The van der Waals surface area contributed by atoms with E-state index < -0.39 is 0 Å². The largest absolute Gasteiger partial charge is 0.496 e. The minimum absolute atomic E-state index is 0.161. The van der Waals surface area contributed by atoms with E-state index in [0.29, 0.717) is 15.7 Å². The third-order valence-corrected chi connectivity index (χ3v) is 5.53. The molecule has 0 unspecified atom stereocenters. The summed E-state index contributed by atoms with van der Waals surface area (Å²) in [4.78, 5) is 26.4. The van der Waals surface area contributed by atoms with E-state index in [1.54, 1.807) is 37.5 Å². The van der Waals surface area contributed by atoms with Crippen LogP contribution in [0.4, 0.5) is 4.79 Å². The Morgan fingerprint density at radius 3 is 2.68 bits per heavy atom. The number of methoxy groups -OCH3 is 1. The Kier molecular flexibility index (Phi) is 5.51. The average Bonchev–Trinajstić information content (AvgIpc) is 2.84. The van der Waals surface area contributed by atoms with Gasteiger partial charge in [-0.1, -0.05) is 35.9 Å². The first-order valence-electron chi connectivity index (χ1n) is 7.32. The molecule has 7 heteroatoms. The molecule has 0 spiro atoms. The van der Waals surface area contributed by atoms with Gasteiger partial charge in [-0.15, -0.1) is 0 Å². The van der Waals surface area contributed by atoms with E-state index in [9.17, 15) is 9.59 Å². The summed E-state index contributed by atoms with van der Waals surface area (Å²) in [6.07, 6.45) is 1.70. The number of carbonyl (C=O) groups excluding carboxylic acids is 2. The zero-order valence-electron chi connectivity index (χ0n) is 13.2. The van der Waals surface area contributed by atoms with Crippen LogP contribution in [-0.4, -0.2) is 23.2 Å². The highest BCUT2D eigenvalue weighted by Gasteiger charge is 2.35. The molecule has 3 rings (SSSR count). The summed E-state index contributed by atoms with van der Waals surface area (Å²) < 4.78 is 5.97. The summed E-state index contributed by atoms with van der Waals surface area (Å²) in [6, 6.07) is 12.6. The maximum atomic E-state index is 12.6. The highest BCUT2D eigenvalue weighted by molar-refractivity contribution is 9.10. The van der Waals surface area contributed by atoms with Crippen LogP contribution in [0.1, 0.15) is 11.1 Å². The number of halogens is 2. The molecule has 4 nitrogen and oxygen atoms in total. The van der Waals surface area contributed by atoms with Gasteiger partial charge in [0, 0.05) is 5.02 Å². The number of benzene rings is 2. The van der Waals surface area contributed by atoms with Gasteiger partial charge >= 0.3 is 0 Å². The predicted molar refractivity (Wildman–Crippen MR) is 104 cm³/mol. The third-order valence-electron chi connectivity index (χ3n) is 3.63. The van der Waals surface area contributed by atoms with Crippen molar-refractivity contribution in [1.29, 1.82) is 0 Å². The highest BCUT2D eigenvalue weighted by Crippen LogP contribution is 2.35. The number of rotatable bonds is 4. The maximum Gasteiger partial charge on any atom is 0.293 e. The summed E-state index contributed by atoms with van der Waals surface area (Å²) in [6.45, 7) is 0.161. The fourth-order valence-corrected chi connectivity index (χ4v) is 3.95. The highest BCUT2D eigenvalue weighted by atomic mass is 79.9. The summed E-state index contributed by atoms with van der Waals surface area (Å²) in [5.74, 6) is 0.380. The lowest BCUT2D eigenvalue weighted by Crippen LogP contribution is -2.27. The van der Waals surface area contributed by atoms with Crippen LogP contribution in [0.25, 0.3) is 6.08 Å². The molecule has 25 heavy (non-hydrogen) atoms. The zero-order valence-corrected chi connectivity index (χ0v) is 16.3. The Morgan fingerprint density at radius 2 is 2.00 bits per heavy atom. The normalized spacial score (nSPS) is 16.0. The Morgan fingerprint density at radius 1 is 1.24 bits per heavy atom. The van der Waals surface area contributed by atoms with Gasteiger partial charge in [0.05, 0.1) is 23.0 Å². The van der Waals surface area contributed by atoms with Gasteiger partial charge in [0.2, 0.25) is 0 Å². The smallest absolute Gasteiger partial charge is 0.293 e. The van der Waals surface area contributed by atoms with Gasteiger partial charge in [0.1, 0.15) is 5.75 Å². The van der Waals surface area contributed by atoms with E-state index in [2.05, 4.69) is 15.9 Å². The molecular formula is C18H13BrClNO3S. The van der Waals surface area contributed by atoms with Crippen LogP contribution in [0.5, 0.6) is 5.75 Å². The van der Waals surface area contributed by atoms with Crippen molar-refractivity contribution in [2.45, 2.75) is 6.54 Å². The second-order valence-electron chi connectivity index (χ2n) is 5.25. The van der Waals surface area contributed by atoms with Crippen LogP contribution in [0, 0.1) is 0 Å². The molecule has 1 heterocycles. The van der Waals surface area contributed by atoms with Crippen molar-refractivity contribution in [3.8, 4) is 5.75 Å². The van der Waals surface area contributed by atoms with Gasteiger partial charge in [-0.3, -0.25) is 14.5 Å². The van der Waals surface area contributed by atoms with Crippen LogP contribution in [0.15, 0.2) is 51.8 Å². The van der Waals surface area contributed by atoms with Crippen LogP contribution in [0.3, 0.4) is 0 Å². The molecule has 1 aliphatic rings. The number of carbonyl (C=O) groups is 2. The maximum absolute atomic E-state index is 12.6. The quantitative estimate of drug-likeness (QED) is 0.604. The second kappa shape index (κ2) is 7.64. The fourth-order valence-electron chi connectivity index (χ4n) is 2.36. The van der Waals surface area contributed by atoms with Gasteiger partial charge in [0.15, 0.2) is 0 Å². The minimum Gasteiger partial charge on any atom is -0.496 e. The van der Waals surface area contributed by atoms with Gasteiger partial charge in [-0.2, -0.15) is 0 Å². The molecule has 0 bridgehead atoms. The van der Waals surface area contributed by atoms with E-state index >= 15 is 0 Å². The Bertz CT molecular complexity index is 884. The summed E-state index contributed by atoms with van der Waals surface area (Å²) in [5, 5.41) is 0.230. The van der Waals surface area contributed by atoms with Crippen molar-refractivity contribution in [1.82, 2.24) is 4.90 Å². The first kappa shape index (κ1) is 18.0. The van der Waals surface area contributed by atoms with Crippen molar-refractivity contribution >= 4 is 56.5 Å². The summed E-state index contributed by atoms with van der Waals surface area (Å²) >= 11 is 10.5. The van der Waals surface area contributed by atoms with E-state index in [-0.39, 0.29) is 17.7 Å². The lowest BCUT2D eigenvalue weighted by Gasteiger charge is -2.13. The summed E-state index contributed by atoms with van der Waals surface area (Å²) in [7, 11) is 1.58. The lowest BCUT2D eigenvalue weighted by atomic mass is 10.2. The number of nitrogens with zero attached hydrogens (tertiary/aromatic N) is 1. The Labute approximate surface area is 162 Å². The number of imide groups is 1. The van der Waals surface area contributed by atoms with E-state index in [4.69, 9.17) is 16.3 Å². The minimum atomic E-state index is -0.318. The van der Waals surface area contributed by atoms with Crippen molar-refractivity contribution in [2.75, 3.05) is 7.11 Å². The first-order chi connectivity index (χ1) is 12.0. The monoisotopic (exact) mass is 437 g/mol. The molecule has 2 aromatic carbocycles. The molecule has 0 N–H and O–H groups in total. The van der Waals surface area contributed by atoms with E-state index in [0.717, 1.165) is 27.4 Å². The molecule has 128 valence electrons. The van der Waals surface area contributed by atoms with Crippen LogP contribution < -0.4 is 4.74 Å². The lowest BCUT2D eigenvalue weighted by molar-refractivity contribution is -0.123. The zero-order chi connectivity index (χ0) is 18.0. The molecule has 0 aromatic heterocycles. The first-order valence-corrected chi connectivity index (χ1v) is 9.30. The predicted octanol–water partition coefficient (Wildman–Crippen LogP) is 5.35. The number of ether oxygens (including phenoxy) is 1. The van der Waals surface area contributed by atoms with Crippen molar-refractivity contribution in [3.05, 3.63) is 68.0 Å². The molecule has 1 fully saturated rings. The van der Waals surface area contributed by atoms with Crippen LogP contribution >= 0.6 is 39.3 Å². The molecule has 2 amide bonds. The van der Waals surface area contributed by atoms with Crippen molar-refractivity contribution in [2.24, 2.45) is 0 Å². The van der Waals surface area contributed by atoms with Gasteiger partial charge in [0.25, 0.3) is 11.1 Å². The van der Waals surface area contributed by atoms with Gasteiger partial charge < -0.3 is 4.74 Å². The standard InChI is InChI=1S/C18H13BrClNO3S/c1-24-15-7-6-11(8-13(15)19)9-16-17(22)21(18(23)25-16)10-12-4-2-3-5-14(12)20/h2-9H,10H2,1H3/b16-9-. The van der Waals surface area contributed by atoms with Crippen LogP contribution in [-0.2, 0) is 11.3 Å². The third kappa shape index (κ3) is 3.92. The Hall–Kier alpha value is -1.76. The molecule has 0 aliphatic carbocycles. The molecule has 2 aromatic rings. The number of thioether (sulfide) groups is 1. The average molecular weight is 439 g/mol. The van der Waals surface area contributed by atoms with Crippen LogP contribution in [0.2, 0.25) is 5.02 Å². The topological polar surface area (TPSA) is 46.6 Å². The fraction of sp³-hybridized carbons (Fsp3) is 0.111. The number of hydrogen-bond acceptors (Lipinski definition) is 4. The van der Waals surface area contributed by atoms with Crippen molar-refractivity contribution in [3.63, 3.8) is 0 Å². The summed E-state index contributed by atoms with van der Waals surface area (Å²) in [5.41, 5.74) is 1.54. The molecule has 1 aliphatic heterocycles. The molecule has 0 radical (unpaired) electrons. The van der Waals surface area contributed by atoms with Crippen molar-refractivity contribution < 1.29 is 14.3 Å². The van der Waals surface area contributed by atoms with Gasteiger partial charge in [-0.05, 0) is 63.1 Å². The van der Waals surface area contributed by atoms with E-state index in [1.807, 2.05) is 18.2 Å². The molecule has 0 saturated carbocycles. The molecule has 0 atom stereocenters. The number of hydrogen-bond donors (Lipinski definition) is 0. The Balaban J connectivity index is 1.83. The van der Waals surface area contributed by atoms with E-state index in [1.165, 1.54) is 4.90 Å².